The van der Waals surface area contributed by atoms with Gasteiger partial charge in [-0.15, -0.1) is 0 Å². The molecule has 0 atom stereocenters. The second-order valence-electron chi connectivity index (χ2n) is 8.36. The van der Waals surface area contributed by atoms with E-state index in [0.717, 1.165) is 11.1 Å². The second-order valence-corrected chi connectivity index (χ2v) is 10.0. The van der Waals surface area contributed by atoms with Gasteiger partial charge in [-0.2, -0.15) is 0 Å². The predicted molar refractivity (Wildman–Crippen MR) is 136 cm³/mol. The first-order valence-corrected chi connectivity index (χ1v) is 12.6. The number of fused-ring (bicyclic) bond motifs is 3. The van der Waals surface area contributed by atoms with Crippen molar-refractivity contribution in [2.75, 3.05) is 4.72 Å². The van der Waals surface area contributed by atoms with Gasteiger partial charge in [-0.25, -0.2) is 13.2 Å². The highest BCUT2D eigenvalue weighted by atomic mass is 32.2. The molecule has 5 aromatic rings. The van der Waals surface area contributed by atoms with Crippen LogP contribution in [0, 0.1) is 13.8 Å². The van der Waals surface area contributed by atoms with E-state index in [2.05, 4.69) is 4.72 Å². The molecule has 5 rings (SSSR count). The summed E-state index contributed by atoms with van der Waals surface area (Å²) in [6.07, 6.45) is 0. The first-order chi connectivity index (χ1) is 16.8. The van der Waals surface area contributed by atoms with Crippen LogP contribution in [0.1, 0.15) is 27.2 Å². The summed E-state index contributed by atoms with van der Waals surface area (Å²) in [5, 5.41) is 1.84. The fraction of sp³-hybridized carbons (Fsp3) is 0.107. The lowest BCUT2D eigenvalue weighted by atomic mass is 10.0. The van der Waals surface area contributed by atoms with Crippen molar-refractivity contribution in [2.24, 2.45) is 0 Å². The lowest BCUT2D eigenvalue weighted by Crippen LogP contribution is -2.13. The van der Waals surface area contributed by atoms with Gasteiger partial charge in [-0.1, -0.05) is 72.3 Å². The van der Waals surface area contributed by atoms with Crippen LogP contribution in [-0.2, 0) is 21.4 Å². The second kappa shape index (κ2) is 8.92. The Bertz CT molecular complexity index is 1650. The number of aryl methyl sites for hydroxylation is 2. The minimum atomic E-state index is -3.86. The van der Waals surface area contributed by atoms with Crippen molar-refractivity contribution in [3.63, 3.8) is 0 Å². The van der Waals surface area contributed by atoms with E-state index in [1.807, 2.05) is 61.5 Å². The normalized spacial score (nSPS) is 11.6. The molecule has 4 aromatic carbocycles. The number of nitrogens with one attached hydrogen (secondary N) is 1. The number of esters is 1. The number of benzene rings is 4. The SMILES string of the molecule is Cc1ccc(S(=O)(=O)Nc2cc3c(C(=O)OCc4ccccc4)c(C)oc3c3ccccc23)cc1. The summed E-state index contributed by atoms with van der Waals surface area (Å²) in [6.45, 7) is 3.71. The van der Waals surface area contributed by atoms with Crippen molar-refractivity contribution >= 4 is 43.4 Å². The van der Waals surface area contributed by atoms with Gasteiger partial charge in [0.25, 0.3) is 10.0 Å². The fourth-order valence-corrected chi connectivity index (χ4v) is 5.16. The maximum atomic E-state index is 13.1. The van der Waals surface area contributed by atoms with Gasteiger partial charge < -0.3 is 9.15 Å². The smallest absolute Gasteiger partial charge is 0.342 e. The highest BCUT2D eigenvalue weighted by molar-refractivity contribution is 7.92. The Morgan fingerprint density at radius 2 is 1.51 bits per heavy atom. The van der Waals surface area contributed by atoms with Gasteiger partial charge >= 0.3 is 5.97 Å². The molecule has 0 saturated heterocycles. The number of hydrogen-bond donors (Lipinski definition) is 1. The Morgan fingerprint density at radius 3 is 2.23 bits per heavy atom. The average molecular weight is 486 g/mol. The minimum absolute atomic E-state index is 0.117. The topological polar surface area (TPSA) is 85.6 Å². The van der Waals surface area contributed by atoms with Crippen LogP contribution in [-0.4, -0.2) is 14.4 Å². The van der Waals surface area contributed by atoms with Crippen molar-refractivity contribution in [1.82, 2.24) is 0 Å². The average Bonchev–Trinajstić information content (AvgIpc) is 3.19. The molecule has 0 radical (unpaired) electrons. The van der Waals surface area contributed by atoms with E-state index in [0.29, 0.717) is 33.2 Å². The number of anilines is 1. The number of rotatable bonds is 6. The van der Waals surface area contributed by atoms with Crippen molar-refractivity contribution in [2.45, 2.75) is 25.3 Å². The first-order valence-electron chi connectivity index (χ1n) is 11.1. The largest absolute Gasteiger partial charge is 0.460 e. The van der Waals surface area contributed by atoms with E-state index in [1.54, 1.807) is 37.3 Å². The van der Waals surface area contributed by atoms with Crippen LogP contribution < -0.4 is 4.72 Å². The Kier molecular flexibility index (Phi) is 5.78. The molecule has 176 valence electrons. The van der Waals surface area contributed by atoms with Gasteiger partial charge in [0, 0.05) is 16.2 Å². The van der Waals surface area contributed by atoms with Gasteiger partial charge in [-0.05, 0) is 37.6 Å². The molecule has 0 aliphatic rings. The molecule has 35 heavy (non-hydrogen) atoms. The third kappa shape index (κ3) is 4.38. The monoisotopic (exact) mass is 485 g/mol. The van der Waals surface area contributed by atoms with E-state index >= 15 is 0 Å². The molecule has 0 amide bonds. The van der Waals surface area contributed by atoms with Crippen molar-refractivity contribution in [3.8, 4) is 0 Å². The van der Waals surface area contributed by atoms with Gasteiger partial charge in [0.15, 0.2) is 0 Å². The predicted octanol–water partition coefficient (Wildman–Crippen LogP) is 6.36. The summed E-state index contributed by atoms with van der Waals surface area (Å²) in [7, 11) is -3.86. The Hall–Kier alpha value is -4.10. The molecule has 1 heterocycles. The zero-order valence-corrected chi connectivity index (χ0v) is 20.1. The van der Waals surface area contributed by atoms with Gasteiger partial charge in [0.1, 0.15) is 23.5 Å². The number of ether oxygens (including phenoxy) is 1. The third-order valence-corrected chi connectivity index (χ3v) is 7.25. The van der Waals surface area contributed by atoms with Crippen LogP contribution in [0.5, 0.6) is 0 Å². The molecule has 0 fully saturated rings. The van der Waals surface area contributed by atoms with Gasteiger partial charge in [0.2, 0.25) is 0 Å². The maximum absolute atomic E-state index is 13.1. The Labute approximate surface area is 203 Å². The molecule has 6 nitrogen and oxygen atoms in total. The van der Waals surface area contributed by atoms with Crippen molar-refractivity contribution in [1.29, 1.82) is 0 Å². The number of carbonyl (C=O) groups excluding carboxylic acids is 1. The minimum Gasteiger partial charge on any atom is -0.460 e. The van der Waals surface area contributed by atoms with E-state index in [-0.39, 0.29) is 17.1 Å². The summed E-state index contributed by atoms with van der Waals surface area (Å²) < 4.78 is 40.5. The van der Waals surface area contributed by atoms with E-state index in [4.69, 9.17) is 9.15 Å². The molecule has 0 aliphatic heterocycles. The number of sulfonamides is 1. The lowest BCUT2D eigenvalue weighted by molar-refractivity contribution is 0.0473. The zero-order valence-electron chi connectivity index (χ0n) is 19.2. The third-order valence-electron chi connectivity index (χ3n) is 5.86. The number of hydrogen-bond acceptors (Lipinski definition) is 5. The molecule has 0 spiro atoms. The molecule has 1 aromatic heterocycles. The molecule has 7 heteroatoms. The molecule has 0 bridgehead atoms. The van der Waals surface area contributed by atoms with Crippen molar-refractivity contribution < 1.29 is 22.4 Å². The molecular formula is C28H23NO5S. The van der Waals surface area contributed by atoms with E-state index < -0.39 is 16.0 Å². The fourth-order valence-electron chi connectivity index (χ4n) is 4.09. The summed E-state index contributed by atoms with van der Waals surface area (Å²) in [4.78, 5) is 13.2. The van der Waals surface area contributed by atoms with E-state index in [1.165, 1.54) is 0 Å². The van der Waals surface area contributed by atoms with Gasteiger partial charge in [-0.3, -0.25) is 4.72 Å². The maximum Gasteiger partial charge on any atom is 0.342 e. The van der Waals surface area contributed by atoms with Crippen molar-refractivity contribution in [3.05, 3.63) is 107 Å². The van der Waals surface area contributed by atoms with E-state index in [9.17, 15) is 13.2 Å². The summed E-state index contributed by atoms with van der Waals surface area (Å²) in [6, 6.07) is 25.0. The lowest BCUT2D eigenvalue weighted by Gasteiger charge is -2.12. The molecule has 0 aliphatic carbocycles. The standard InChI is InChI=1S/C28H23NO5S/c1-18-12-14-21(15-13-18)35(31,32)29-25-16-24-26(28(30)33-17-20-8-4-3-5-9-20)19(2)34-27(24)23-11-7-6-10-22(23)25/h3-16,29H,17H2,1-2H3. The molecule has 0 saturated carbocycles. The zero-order chi connectivity index (χ0) is 24.6. The van der Waals surface area contributed by atoms with Crippen LogP contribution in [0.25, 0.3) is 21.7 Å². The number of furan rings is 1. The Balaban J connectivity index is 1.59. The van der Waals surface area contributed by atoms with Crippen LogP contribution >= 0.6 is 0 Å². The van der Waals surface area contributed by atoms with Crippen LogP contribution in [0.15, 0.2) is 94.2 Å². The molecule has 1 N–H and O–H groups in total. The van der Waals surface area contributed by atoms with Crippen LogP contribution in [0.4, 0.5) is 5.69 Å². The first kappa shape index (κ1) is 22.7. The van der Waals surface area contributed by atoms with Gasteiger partial charge in [0.05, 0.1) is 10.6 Å². The van der Waals surface area contributed by atoms with Crippen LogP contribution in [0.2, 0.25) is 0 Å². The van der Waals surface area contributed by atoms with Crippen LogP contribution in [0.3, 0.4) is 0 Å². The number of carbonyl (C=O) groups is 1. The molecule has 0 unspecified atom stereocenters. The highest BCUT2D eigenvalue weighted by Gasteiger charge is 2.24. The summed E-state index contributed by atoms with van der Waals surface area (Å²) >= 11 is 0. The summed E-state index contributed by atoms with van der Waals surface area (Å²) in [5.74, 6) is -0.130. The quantitative estimate of drug-likeness (QED) is 0.283. The Morgan fingerprint density at radius 1 is 0.857 bits per heavy atom. The molecular weight excluding hydrogens is 462 g/mol. The summed E-state index contributed by atoms with van der Waals surface area (Å²) in [5.41, 5.74) is 2.96. The highest BCUT2D eigenvalue weighted by Crippen LogP contribution is 2.37.